The summed E-state index contributed by atoms with van der Waals surface area (Å²) in [6.07, 6.45) is 2.18. The molecule has 0 unspecified atom stereocenters. The van der Waals surface area contributed by atoms with Crippen LogP contribution in [0.2, 0.25) is 0 Å². The number of benzene rings is 1. The molecule has 0 bridgehead atoms. The fraction of sp³-hybridized carbons (Fsp3) is 0.294. The Bertz CT molecular complexity index is 717. The number of ketones is 1. The maximum absolute atomic E-state index is 12.5. The first-order chi connectivity index (χ1) is 10.1. The molecule has 2 heterocycles. The van der Waals surface area contributed by atoms with Crippen LogP contribution in [0.25, 0.3) is 0 Å². The van der Waals surface area contributed by atoms with E-state index in [1.54, 1.807) is 23.3 Å². The summed E-state index contributed by atoms with van der Waals surface area (Å²) in [6.45, 7) is 2.09. The standard InChI is InChI=1S/C17H17NO2S/c1-3-13-6-8-15(21-13)17(20)12-4-7-14-11(10-12)5-9-16(19)18(14)2/h4,6-8,10H,3,5,9H2,1-2H3. The van der Waals surface area contributed by atoms with Gasteiger partial charge in [-0.15, -0.1) is 11.3 Å². The van der Waals surface area contributed by atoms with Gasteiger partial charge in [0.15, 0.2) is 0 Å². The van der Waals surface area contributed by atoms with E-state index in [1.165, 1.54) is 4.88 Å². The van der Waals surface area contributed by atoms with Crippen molar-refractivity contribution in [3.05, 3.63) is 51.2 Å². The molecule has 0 atom stereocenters. The number of amides is 1. The molecular weight excluding hydrogens is 282 g/mol. The highest BCUT2D eigenvalue weighted by Crippen LogP contribution is 2.29. The van der Waals surface area contributed by atoms with Crippen molar-refractivity contribution in [3.8, 4) is 0 Å². The van der Waals surface area contributed by atoms with Crippen molar-refractivity contribution in [2.45, 2.75) is 26.2 Å². The van der Waals surface area contributed by atoms with Crippen molar-refractivity contribution in [2.24, 2.45) is 0 Å². The van der Waals surface area contributed by atoms with Crippen molar-refractivity contribution in [2.75, 3.05) is 11.9 Å². The van der Waals surface area contributed by atoms with Crippen molar-refractivity contribution < 1.29 is 9.59 Å². The van der Waals surface area contributed by atoms with Gasteiger partial charge >= 0.3 is 0 Å². The van der Waals surface area contributed by atoms with Gasteiger partial charge in [0, 0.05) is 29.6 Å². The second-order valence-corrected chi connectivity index (χ2v) is 6.41. The lowest BCUT2D eigenvalue weighted by atomic mass is 9.97. The lowest BCUT2D eigenvalue weighted by Gasteiger charge is -2.25. The quantitative estimate of drug-likeness (QED) is 0.814. The van der Waals surface area contributed by atoms with Crippen LogP contribution in [0, 0.1) is 0 Å². The fourth-order valence-electron chi connectivity index (χ4n) is 2.63. The molecular formula is C17H17NO2S. The summed E-state index contributed by atoms with van der Waals surface area (Å²) < 4.78 is 0. The van der Waals surface area contributed by atoms with Gasteiger partial charge in [-0.25, -0.2) is 0 Å². The van der Waals surface area contributed by atoms with Crippen LogP contribution in [0.15, 0.2) is 30.3 Å². The predicted octanol–water partition coefficient (Wildman–Crippen LogP) is 3.45. The van der Waals surface area contributed by atoms with Gasteiger partial charge in [-0.1, -0.05) is 6.92 Å². The molecule has 21 heavy (non-hydrogen) atoms. The van der Waals surface area contributed by atoms with E-state index < -0.39 is 0 Å². The summed E-state index contributed by atoms with van der Waals surface area (Å²) in [5.74, 6) is 0.203. The van der Waals surface area contributed by atoms with Gasteiger partial charge < -0.3 is 4.90 Å². The highest BCUT2D eigenvalue weighted by Gasteiger charge is 2.22. The number of fused-ring (bicyclic) bond motifs is 1. The zero-order valence-electron chi connectivity index (χ0n) is 12.2. The highest BCUT2D eigenvalue weighted by atomic mass is 32.1. The van der Waals surface area contributed by atoms with Gasteiger partial charge in [-0.3, -0.25) is 9.59 Å². The van der Waals surface area contributed by atoms with Crippen LogP contribution in [0.1, 0.15) is 39.0 Å². The van der Waals surface area contributed by atoms with E-state index in [2.05, 4.69) is 6.92 Å². The van der Waals surface area contributed by atoms with E-state index in [0.29, 0.717) is 18.4 Å². The van der Waals surface area contributed by atoms with E-state index in [4.69, 9.17) is 0 Å². The van der Waals surface area contributed by atoms with Crippen LogP contribution in [-0.4, -0.2) is 18.7 Å². The Hall–Kier alpha value is -1.94. The molecule has 0 saturated carbocycles. The number of carbonyl (C=O) groups excluding carboxylic acids is 2. The molecule has 0 N–H and O–H groups in total. The van der Waals surface area contributed by atoms with Crippen molar-refractivity contribution in [1.82, 2.24) is 0 Å². The molecule has 108 valence electrons. The Morgan fingerprint density at radius 1 is 1.24 bits per heavy atom. The molecule has 3 rings (SSSR count). The molecule has 3 nitrogen and oxygen atoms in total. The van der Waals surface area contributed by atoms with Gasteiger partial charge in [0.1, 0.15) is 0 Å². The molecule has 1 aliphatic heterocycles. The number of hydrogen-bond donors (Lipinski definition) is 0. The molecule has 0 fully saturated rings. The SMILES string of the molecule is CCc1ccc(C(=O)c2ccc3c(c2)CCC(=O)N3C)s1. The second kappa shape index (κ2) is 5.45. The summed E-state index contributed by atoms with van der Waals surface area (Å²) >= 11 is 1.56. The van der Waals surface area contributed by atoms with E-state index in [9.17, 15) is 9.59 Å². The minimum Gasteiger partial charge on any atom is -0.315 e. The second-order valence-electron chi connectivity index (χ2n) is 5.24. The molecule has 0 saturated heterocycles. The van der Waals surface area contributed by atoms with Gasteiger partial charge in [0.25, 0.3) is 0 Å². The van der Waals surface area contributed by atoms with Crippen LogP contribution in [0.5, 0.6) is 0 Å². The zero-order valence-corrected chi connectivity index (χ0v) is 13.0. The van der Waals surface area contributed by atoms with Crippen molar-refractivity contribution in [3.63, 3.8) is 0 Å². The smallest absolute Gasteiger partial charge is 0.227 e. The largest absolute Gasteiger partial charge is 0.315 e. The Kier molecular flexibility index (Phi) is 3.64. The molecule has 1 aliphatic rings. The van der Waals surface area contributed by atoms with Gasteiger partial charge in [-0.05, 0) is 48.7 Å². The van der Waals surface area contributed by atoms with E-state index in [-0.39, 0.29) is 11.7 Å². The number of nitrogens with zero attached hydrogens (tertiary/aromatic N) is 1. The monoisotopic (exact) mass is 299 g/mol. The van der Waals surface area contributed by atoms with Crippen LogP contribution in [-0.2, 0) is 17.6 Å². The third-order valence-corrected chi connectivity index (χ3v) is 5.15. The number of thiophene rings is 1. The average Bonchev–Trinajstić information content (AvgIpc) is 2.99. The number of rotatable bonds is 3. The van der Waals surface area contributed by atoms with Crippen LogP contribution in [0.4, 0.5) is 5.69 Å². The van der Waals surface area contributed by atoms with E-state index in [0.717, 1.165) is 22.5 Å². The summed E-state index contributed by atoms with van der Waals surface area (Å²) in [6, 6.07) is 9.56. The first-order valence-corrected chi connectivity index (χ1v) is 7.94. The average molecular weight is 299 g/mol. The molecule has 1 aromatic heterocycles. The summed E-state index contributed by atoms with van der Waals surface area (Å²) in [4.78, 5) is 27.9. The Labute approximate surface area is 128 Å². The maximum atomic E-state index is 12.5. The number of aryl methyl sites for hydroxylation is 2. The van der Waals surface area contributed by atoms with Gasteiger partial charge in [0.05, 0.1) is 4.88 Å². The van der Waals surface area contributed by atoms with Gasteiger partial charge in [0.2, 0.25) is 11.7 Å². The minimum absolute atomic E-state index is 0.0713. The summed E-state index contributed by atoms with van der Waals surface area (Å²) in [7, 11) is 1.79. The zero-order chi connectivity index (χ0) is 15.0. The minimum atomic E-state index is 0.0713. The van der Waals surface area contributed by atoms with E-state index >= 15 is 0 Å². The molecule has 0 aliphatic carbocycles. The molecule has 2 aromatic rings. The normalized spacial score (nSPS) is 14.2. The molecule has 0 radical (unpaired) electrons. The summed E-state index contributed by atoms with van der Waals surface area (Å²) in [5, 5.41) is 0. The van der Waals surface area contributed by atoms with Gasteiger partial charge in [-0.2, -0.15) is 0 Å². The molecule has 1 amide bonds. The number of hydrogen-bond acceptors (Lipinski definition) is 3. The molecule has 0 spiro atoms. The van der Waals surface area contributed by atoms with Crippen molar-refractivity contribution >= 4 is 28.7 Å². The highest BCUT2D eigenvalue weighted by molar-refractivity contribution is 7.14. The topological polar surface area (TPSA) is 37.4 Å². The third kappa shape index (κ3) is 2.51. The predicted molar refractivity (Wildman–Crippen MR) is 85.3 cm³/mol. The van der Waals surface area contributed by atoms with Crippen molar-refractivity contribution in [1.29, 1.82) is 0 Å². The van der Waals surface area contributed by atoms with Crippen LogP contribution in [0.3, 0.4) is 0 Å². The molecule has 4 heteroatoms. The number of carbonyl (C=O) groups is 2. The van der Waals surface area contributed by atoms with Crippen LogP contribution < -0.4 is 4.90 Å². The molecule has 1 aromatic carbocycles. The lowest BCUT2D eigenvalue weighted by Crippen LogP contribution is -2.31. The van der Waals surface area contributed by atoms with Crippen LogP contribution >= 0.6 is 11.3 Å². The third-order valence-electron chi connectivity index (χ3n) is 3.92. The lowest BCUT2D eigenvalue weighted by molar-refractivity contribution is -0.118. The Morgan fingerprint density at radius 2 is 2.05 bits per heavy atom. The maximum Gasteiger partial charge on any atom is 0.227 e. The number of anilines is 1. The fourth-order valence-corrected chi connectivity index (χ4v) is 3.54. The Balaban J connectivity index is 1.93. The Morgan fingerprint density at radius 3 is 2.76 bits per heavy atom. The van der Waals surface area contributed by atoms with E-state index in [1.807, 2.05) is 30.3 Å². The first-order valence-electron chi connectivity index (χ1n) is 7.13. The first kappa shape index (κ1) is 14.0. The summed E-state index contributed by atoms with van der Waals surface area (Å²) in [5.41, 5.74) is 2.71.